The lowest BCUT2D eigenvalue weighted by Crippen LogP contribution is -2.45. The third-order valence-electron chi connectivity index (χ3n) is 7.81. The first-order chi connectivity index (χ1) is 17.6. The number of likely N-dealkylation sites (tertiary alicyclic amines) is 1. The van der Waals surface area contributed by atoms with Gasteiger partial charge in [-0.2, -0.15) is 0 Å². The lowest BCUT2D eigenvalue weighted by atomic mass is 9.92. The number of ether oxygens (including phenoxy) is 2. The number of piperidine rings is 1. The molecule has 5 rings (SSSR count). The van der Waals surface area contributed by atoms with Crippen LogP contribution in [0.3, 0.4) is 0 Å². The minimum Gasteiger partial charge on any atom is -0.480 e. The van der Waals surface area contributed by atoms with Gasteiger partial charge >= 0.3 is 18.2 Å². The number of carboxylic acids is 1. The maximum atomic E-state index is 13.3. The SMILES string of the molecule is CC(C)(C)OC(=O)N1CCC2(CC1)CC2N(CC(=O)O)C(=O)OCC1c2ccccc2-c2ccccc21. The maximum Gasteiger partial charge on any atom is 0.410 e. The summed E-state index contributed by atoms with van der Waals surface area (Å²) in [5.74, 6) is -1.16. The molecule has 2 aliphatic carbocycles. The number of hydrogen-bond acceptors (Lipinski definition) is 5. The number of carboxylic acid groups (broad SMARTS) is 1. The van der Waals surface area contributed by atoms with Gasteiger partial charge in [-0.25, -0.2) is 9.59 Å². The molecule has 0 radical (unpaired) electrons. The van der Waals surface area contributed by atoms with Crippen LogP contribution in [0.5, 0.6) is 0 Å². The number of nitrogens with zero attached hydrogens (tertiary/aromatic N) is 2. The summed E-state index contributed by atoms with van der Waals surface area (Å²) in [6, 6.07) is 16.0. The van der Waals surface area contributed by atoms with Gasteiger partial charge in [-0.15, -0.1) is 0 Å². The van der Waals surface area contributed by atoms with Crippen molar-refractivity contribution in [2.75, 3.05) is 26.2 Å². The Balaban J connectivity index is 1.24. The Kier molecular flexibility index (Phi) is 6.38. The van der Waals surface area contributed by atoms with Crippen molar-refractivity contribution in [2.45, 2.75) is 57.6 Å². The maximum absolute atomic E-state index is 13.3. The number of benzene rings is 2. The first-order valence-corrected chi connectivity index (χ1v) is 12.9. The molecular formula is C29H34N2O6. The van der Waals surface area contributed by atoms with E-state index in [-0.39, 0.29) is 30.1 Å². The Morgan fingerprint density at radius 2 is 1.57 bits per heavy atom. The molecule has 8 heteroatoms. The van der Waals surface area contributed by atoms with E-state index in [1.54, 1.807) is 4.90 Å². The molecule has 1 saturated carbocycles. The summed E-state index contributed by atoms with van der Waals surface area (Å²) >= 11 is 0. The van der Waals surface area contributed by atoms with Gasteiger partial charge in [0.05, 0.1) is 0 Å². The van der Waals surface area contributed by atoms with Crippen LogP contribution in [-0.2, 0) is 14.3 Å². The van der Waals surface area contributed by atoms with Gasteiger partial charge in [-0.3, -0.25) is 9.69 Å². The van der Waals surface area contributed by atoms with E-state index < -0.39 is 24.2 Å². The average Bonchev–Trinajstić information content (AvgIpc) is 3.43. The second-order valence-electron chi connectivity index (χ2n) is 11.4. The van der Waals surface area contributed by atoms with E-state index >= 15 is 0 Å². The van der Waals surface area contributed by atoms with Gasteiger partial charge in [0.1, 0.15) is 18.8 Å². The highest BCUT2D eigenvalue weighted by Crippen LogP contribution is 2.57. The highest BCUT2D eigenvalue weighted by atomic mass is 16.6. The predicted molar refractivity (Wildman–Crippen MR) is 137 cm³/mol. The van der Waals surface area contributed by atoms with Crippen LogP contribution < -0.4 is 0 Å². The molecule has 1 atom stereocenters. The summed E-state index contributed by atoms with van der Waals surface area (Å²) in [6.07, 6.45) is 1.18. The van der Waals surface area contributed by atoms with Gasteiger partial charge in [0.2, 0.25) is 0 Å². The molecule has 37 heavy (non-hydrogen) atoms. The summed E-state index contributed by atoms with van der Waals surface area (Å²) in [7, 11) is 0. The van der Waals surface area contributed by atoms with Crippen LogP contribution in [0.15, 0.2) is 48.5 Å². The Labute approximate surface area is 217 Å². The van der Waals surface area contributed by atoms with Crippen LogP contribution >= 0.6 is 0 Å². The lowest BCUT2D eigenvalue weighted by molar-refractivity contribution is -0.138. The molecule has 1 heterocycles. The second-order valence-corrected chi connectivity index (χ2v) is 11.4. The van der Waals surface area contributed by atoms with E-state index in [2.05, 4.69) is 24.3 Å². The molecular weight excluding hydrogens is 472 g/mol. The zero-order chi connectivity index (χ0) is 26.4. The van der Waals surface area contributed by atoms with Gasteiger partial charge in [-0.1, -0.05) is 48.5 Å². The van der Waals surface area contributed by atoms with Crippen molar-refractivity contribution in [3.8, 4) is 11.1 Å². The van der Waals surface area contributed by atoms with Crippen LogP contribution in [0, 0.1) is 5.41 Å². The van der Waals surface area contributed by atoms with E-state index in [9.17, 15) is 19.5 Å². The number of aliphatic carboxylic acids is 1. The molecule has 1 spiro atoms. The van der Waals surface area contributed by atoms with Gasteiger partial charge in [-0.05, 0) is 67.7 Å². The van der Waals surface area contributed by atoms with E-state index in [1.807, 2.05) is 45.0 Å². The topological polar surface area (TPSA) is 96.4 Å². The first kappa shape index (κ1) is 25.1. The van der Waals surface area contributed by atoms with Crippen molar-refractivity contribution in [1.82, 2.24) is 9.80 Å². The van der Waals surface area contributed by atoms with Crippen molar-refractivity contribution in [3.05, 3.63) is 59.7 Å². The third-order valence-corrected chi connectivity index (χ3v) is 7.81. The van der Waals surface area contributed by atoms with E-state index in [4.69, 9.17) is 9.47 Å². The first-order valence-electron chi connectivity index (χ1n) is 12.9. The van der Waals surface area contributed by atoms with E-state index in [0.717, 1.165) is 22.3 Å². The molecule has 196 valence electrons. The highest BCUT2D eigenvalue weighted by molar-refractivity contribution is 5.80. The average molecular weight is 507 g/mol. The van der Waals surface area contributed by atoms with Crippen molar-refractivity contribution >= 4 is 18.2 Å². The zero-order valence-corrected chi connectivity index (χ0v) is 21.6. The molecule has 3 aliphatic rings. The molecule has 2 amide bonds. The van der Waals surface area contributed by atoms with Crippen LogP contribution in [0.1, 0.15) is 57.1 Å². The largest absolute Gasteiger partial charge is 0.480 e. The fourth-order valence-corrected chi connectivity index (χ4v) is 5.89. The molecule has 2 aromatic carbocycles. The number of fused-ring (bicyclic) bond motifs is 3. The van der Waals surface area contributed by atoms with Crippen LogP contribution in [0.2, 0.25) is 0 Å². The van der Waals surface area contributed by atoms with Crippen molar-refractivity contribution in [3.63, 3.8) is 0 Å². The molecule has 1 N–H and O–H groups in total. The Morgan fingerprint density at radius 1 is 1.00 bits per heavy atom. The van der Waals surface area contributed by atoms with Crippen molar-refractivity contribution in [2.24, 2.45) is 5.41 Å². The Hall–Kier alpha value is -3.55. The second kappa shape index (κ2) is 9.39. The van der Waals surface area contributed by atoms with Crippen LogP contribution in [0.4, 0.5) is 9.59 Å². The summed E-state index contributed by atoms with van der Waals surface area (Å²) in [4.78, 5) is 40.4. The Morgan fingerprint density at radius 3 is 2.11 bits per heavy atom. The number of hydrogen-bond donors (Lipinski definition) is 1. The number of carbonyl (C=O) groups excluding carboxylic acids is 2. The molecule has 0 aromatic heterocycles. The molecule has 2 fully saturated rings. The molecule has 0 bridgehead atoms. The van der Waals surface area contributed by atoms with Crippen molar-refractivity contribution in [1.29, 1.82) is 0 Å². The fraction of sp³-hybridized carbons (Fsp3) is 0.483. The third kappa shape index (κ3) is 5.02. The minimum atomic E-state index is -1.07. The predicted octanol–water partition coefficient (Wildman–Crippen LogP) is 5.11. The smallest absolute Gasteiger partial charge is 0.410 e. The summed E-state index contributed by atoms with van der Waals surface area (Å²) in [5, 5.41) is 9.54. The number of amides is 2. The number of carbonyl (C=O) groups is 3. The van der Waals surface area contributed by atoms with Gasteiger partial charge in [0.15, 0.2) is 0 Å². The number of rotatable bonds is 5. The quantitative estimate of drug-likeness (QED) is 0.605. The van der Waals surface area contributed by atoms with Crippen molar-refractivity contribution < 1.29 is 29.0 Å². The minimum absolute atomic E-state index is 0.0896. The monoisotopic (exact) mass is 506 g/mol. The molecule has 2 aromatic rings. The molecule has 8 nitrogen and oxygen atoms in total. The van der Waals surface area contributed by atoms with Crippen LogP contribution in [-0.4, -0.2) is 70.9 Å². The zero-order valence-electron chi connectivity index (χ0n) is 21.6. The Bertz CT molecular complexity index is 1170. The summed E-state index contributed by atoms with van der Waals surface area (Å²) in [6.45, 7) is 6.31. The summed E-state index contributed by atoms with van der Waals surface area (Å²) < 4.78 is 11.3. The molecule has 1 aliphatic heterocycles. The lowest BCUT2D eigenvalue weighted by Gasteiger charge is -2.35. The van der Waals surface area contributed by atoms with Gasteiger partial charge in [0.25, 0.3) is 0 Å². The standard InChI is InChI=1S/C29H34N2O6/c1-28(2,3)37-26(34)30-14-12-29(13-15-30)16-24(29)31(17-25(32)33)27(35)36-18-23-21-10-6-4-8-19(21)20-9-5-7-11-22(20)23/h4-11,23-24H,12-18H2,1-3H3,(H,32,33). The molecule has 1 saturated heterocycles. The van der Waals surface area contributed by atoms with E-state index in [1.165, 1.54) is 4.90 Å². The van der Waals surface area contributed by atoms with Gasteiger partial charge in [0, 0.05) is 25.0 Å². The normalized spacial score (nSPS) is 19.6. The fourth-order valence-electron chi connectivity index (χ4n) is 5.89. The van der Waals surface area contributed by atoms with Gasteiger partial charge < -0.3 is 19.5 Å². The highest BCUT2D eigenvalue weighted by Gasteiger charge is 2.59. The summed E-state index contributed by atoms with van der Waals surface area (Å²) in [5.41, 5.74) is 3.76. The molecule has 1 unspecified atom stereocenters. The van der Waals surface area contributed by atoms with Crippen LogP contribution in [0.25, 0.3) is 11.1 Å². The van der Waals surface area contributed by atoms with E-state index in [0.29, 0.717) is 32.4 Å².